The number of alkyl halides is 3. The van der Waals surface area contributed by atoms with Crippen LogP contribution in [0.15, 0.2) is 30.3 Å². The monoisotopic (exact) mass is 420 g/mol. The number of hydrogen-bond acceptors (Lipinski definition) is 4. The molecule has 0 aliphatic carbocycles. The number of nitrogens with zero attached hydrogens (tertiary/aromatic N) is 2. The Hall–Kier alpha value is -2.40. The summed E-state index contributed by atoms with van der Waals surface area (Å²) in [6.07, 6.45) is -4.36. The molecule has 0 radical (unpaired) electrons. The average molecular weight is 420 g/mol. The Morgan fingerprint density at radius 3 is 2.41 bits per heavy atom. The van der Waals surface area contributed by atoms with Crippen LogP contribution < -0.4 is 15.9 Å². The van der Waals surface area contributed by atoms with Gasteiger partial charge in [0, 0.05) is 24.7 Å². The van der Waals surface area contributed by atoms with Crippen LogP contribution in [0.5, 0.6) is 0 Å². The lowest BCUT2D eigenvalue weighted by atomic mass is 10.0. The number of anilines is 2. The fraction of sp³-hybridized carbons (Fsp3) is 0.333. The first-order valence-electron chi connectivity index (χ1n) is 9.19. The van der Waals surface area contributed by atoms with E-state index in [1.54, 1.807) is 13.0 Å². The molecule has 29 heavy (non-hydrogen) atoms. The van der Waals surface area contributed by atoms with E-state index in [0.717, 1.165) is 22.7 Å². The highest BCUT2D eigenvalue weighted by molar-refractivity contribution is 7.64. The maximum absolute atomic E-state index is 13.2. The average Bonchev–Trinajstić information content (AvgIpc) is 2.64. The first-order chi connectivity index (χ1) is 13.6. The van der Waals surface area contributed by atoms with E-state index < -0.39 is 11.7 Å². The van der Waals surface area contributed by atoms with Gasteiger partial charge in [0.25, 0.3) is 0 Å². The lowest BCUT2D eigenvalue weighted by molar-refractivity contribution is -0.138. The van der Waals surface area contributed by atoms with Gasteiger partial charge in [0.1, 0.15) is 11.6 Å². The van der Waals surface area contributed by atoms with E-state index in [4.69, 9.17) is 0 Å². The van der Waals surface area contributed by atoms with Crippen molar-refractivity contribution in [1.29, 1.82) is 0 Å². The van der Waals surface area contributed by atoms with Crippen molar-refractivity contribution in [1.82, 2.24) is 9.97 Å². The minimum Gasteiger partial charge on any atom is -0.388 e. The minimum atomic E-state index is -4.36. The zero-order valence-electron chi connectivity index (χ0n) is 17.1. The van der Waals surface area contributed by atoms with Crippen molar-refractivity contribution >= 4 is 35.6 Å². The highest BCUT2D eigenvalue weighted by Crippen LogP contribution is 2.34. The van der Waals surface area contributed by atoms with Crippen molar-refractivity contribution in [3.63, 3.8) is 0 Å². The SMILES string of the molecule is CNc1cc2nc(C)nc(NCc3cccc(C(F)(F)F)c3C)c2cc1P(C)C. The molecule has 0 bridgehead atoms. The molecule has 0 fully saturated rings. The summed E-state index contributed by atoms with van der Waals surface area (Å²) in [7, 11) is 1.52. The summed E-state index contributed by atoms with van der Waals surface area (Å²) in [4.78, 5) is 9.05. The van der Waals surface area contributed by atoms with Crippen molar-refractivity contribution < 1.29 is 13.2 Å². The van der Waals surface area contributed by atoms with Crippen LogP contribution in [0.1, 0.15) is 22.5 Å². The maximum atomic E-state index is 13.2. The summed E-state index contributed by atoms with van der Waals surface area (Å²) in [6.45, 7) is 7.90. The molecule has 2 N–H and O–H groups in total. The van der Waals surface area contributed by atoms with Gasteiger partial charge in [-0.1, -0.05) is 20.1 Å². The molecule has 3 rings (SSSR count). The Morgan fingerprint density at radius 2 is 1.79 bits per heavy atom. The van der Waals surface area contributed by atoms with Crippen LogP contribution in [0.4, 0.5) is 24.7 Å². The zero-order valence-corrected chi connectivity index (χ0v) is 18.0. The van der Waals surface area contributed by atoms with Crippen LogP contribution in [0, 0.1) is 13.8 Å². The molecule has 0 spiro atoms. The molecule has 4 nitrogen and oxygen atoms in total. The van der Waals surface area contributed by atoms with Gasteiger partial charge in [0.15, 0.2) is 0 Å². The van der Waals surface area contributed by atoms with Crippen LogP contribution in [0.25, 0.3) is 10.9 Å². The molecule has 8 heteroatoms. The van der Waals surface area contributed by atoms with Gasteiger partial charge in [-0.15, -0.1) is 0 Å². The standard InChI is InChI=1S/C21H24F3N4P/c1-12-14(7-6-8-16(12)21(22,23)24)11-26-20-15-9-19(29(4)5)18(25-3)10-17(15)27-13(2)28-20/h6-10,25H,11H2,1-5H3,(H,26,27,28). The van der Waals surface area contributed by atoms with E-state index in [2.05, 4.69) is 40.0 Å². The number of aromatic nitrogens is 2. The molecule has 0 saturated heterocycles. The fourth-order valence-electron chi connectivity index (χ4n) is 3.35. The van der Waals surface area contributed by atoms with Gasteiger partial charge in [-0.2, -0.15) is 13.2 Å². The number of benzene rings is 2. The molecule has 2 aromatic carbocycles. The van der Waals surface area contributed by atoms with E-state index in [1.165, 1.54) is 18.3 Å². The summed E-state index contributed by atoms with van der Waals surface area (Å²) in [5.74, 6) is 1.23. The van der Waals surface area contributed by atoms with Gasteiger partial charge in [-0.3, -0.25) is 0 Å². The van der Waals surface area contributed by atoms with Gasteiger partial charge >= 0.3 is 6.18 Å². The van der Waals surface area contributed by atoms with Gasteiger partial charge < -0.3 is 10.6 Å². The largest absolute Gasteiger partial charge is 0.416 e. The molecular formula is C21H24F3N4P. The first-order valence-corrected chi connectivity index (χ1v) is 11.4. The molecule has 1 heterocycles. The Morgan fingerprint density at radius 1 is 1.07 bits per heavy atom. The van der Waals surface area contributed by atoms with E-state index >= 15 is 0 Å². The lowest BCUT2D eigenvalue weighted by Gasteiger charge is -2.17. The third kappa shape index (κ3) is 4.45. The fourth-order valence-corrected chi connectivity index (χ4v) is 4.39. The molecule has 154 valence electrons. The van der Waals surface area contributed by atoms with Crippen LogP contribution in [0.3, 0.4) is 0 Å². The van der Waals surface area contributed by atoms with Gasteiger partial charge in [-0.25, -0.2) is 9.97 Å². The third-order valence-corrected chi connectivity index (χ3v) is 6.21. The number of hydrogen-bond donors (Lipinski definition) is 2. The molecule has 1 aromatic heterocycles. The highest BCUT2D eigenvalue weighted by atomic mass is 31.1. The Labute approximate surface area is 169 Å². The van der Waals surface area contributed by atoms with Crippen LogP contribution in [0.2, 0.25) is 0 Å². The predicted molar refractivity (Wildman–Crippen MR) is 116 cm³/mol. The molecule has 0 aliphatic rings. The number of fused-ring (bicyclic) bond motifs is 1. The molecule has 3 aromatic rings. The summed E-state index contributed by atoms with van der Waals surface area (Å²) in [5.41, 5.74) is 2.04. The second kappa shape index (κ2) is 8.15. The molecule has 0 saturated carbocycles. The first kappa shape index (κ1) is 21.3. The smallest absolute Gasteiger partial charge is 0.388 e. The Bertz CT molecular complexity index is 1050. The molecule has 0 aliphatic heterocycles. The summed E-state index contributed by atoms with van der Waals surface area (Å²) >= 11 is 0. The minimum absolute atomic E-state index is 0.228. The molecule has 0 amide bonds. The number of halogens is 3. The molecule has 0 unspecified atom stereocenters. The van der Waals surface area contributed by atoms with Crippen molar-refractivity contribution in [2.24, 2.45) is 0 Å². The van der Waals surface area contributed by atoms with Crippen LogP contribution >= 0.6 is 7.92 Å². The summed E-state index contributed by atoms with van der Waals surface area (Å²) in [6, 6.07) is 8.33. The van der Waals surface area contributed by atoms with E-state index in [9.17, 15) is 13.2 Å². The van der Waals surface area contributed by atoms with Crippen molar-refractivity contribution in [3.05, 3.63) is 52.8 Å². The van der Waals surface area contributed by atoms with E-state index in [-0.39, 0.29) is 20.0 Å². The van der Waals surface area contributed by atoms with Crippen molar-refractivity contribution in [2.75, 3.05) is 31.0 Å². The number of aryl methyl sites for hydroxylation is 1. The highest BCUT2D eigenvalue weighted by Gasteiger charge is 2.32. The molecular weight excluding hydrogens is 396 g/mol. The Balaban J connectivity index is 2.02. The third-order valence-electron chi connectivity index (χ3n) is 4.87. The lowest BCUT2D eigenvalue weighted by Crippen LogP contribution is -2.12. The van der Waals surface area contributed by atoms with Gasteiger partial charge in [0.05, 0.1) is 11.1 Å². The van der Waals surface area contributed by atoms with E-state index in [1.807, 2.05) is 13.1 Å². The summed E-state index contributed by atoms with van der Waals surface area (Å²) in [5, 5.41) is 8.52. The normalized spacial score (nSPS) is 11.9. The van der Waals surface area contributed by atoms with Gasteiger partial charge in [0.2, 0.25) is 0 Å². The maximum Gasteiger partial charge on any atom is 0.416 e. The zero-order chi connectivity index (χ0) is 21.3. The predicted octanol–water partition coefficient (Wildman–Crippen LogP) is 5.29. The number of rotatable bonds is 5. The second-order valence-electron chi connectivity index (χ2n) is 7.09. The summed E-state index contributed by atoms with van der Waals surface area (Å²) < 4.78 is 39.6. The van der Waals surface area contributed by atoms with Crippen molar-refractivity contribution in [3.8, 4) is 0 Å². The van der Waals surface area contributed by atoms with Crippen molar-refractivity contribution in [2.45, 2.75) is 26.6 Å². The molecule has 0 atom stereocenters. The second-order valence-corrected chi connectivity index (χ2v) is 9.36. The Kier molecular flexibility index (Phi) is 5.99. The topological polar surface area (TPSA) is 49.8 Å². The van der Waals surface area contributed by atoms with Crippen LogP contribution in [-0.2, 0) is 12.7 Å². The van der Waals surface area contributed by atoms with E-state index in [0.29, 0.717) is 17.2 Å². The quantitative estimate of drug-likeness (QED) is 0.551. The number of nitrogens with one attached hydrogen (secondary N) is 2. The van der Waals surface area contributed by atoms with Gasteiger partial charge in [-0.05, 0) is 61.8 Å². The van der Waals surface area contributed by atoms with Crippen LogP contribution in [-0.4, -0.2) is 30.3 Å².